The zero-order chi connectivity index (χ0) is 17.1. The van der Waals surface area contributed by atoms with Crippen LogP contribution in [0.3, 0.4) is 0 Å². The standard InChI is InChI=1S/C21H24ClFO/c1-3-14-4-6-15(7-5-14)16-8-10-17(11-9-16)18-12-13-19(24-2)21(23)20(18)22/h8-15H,3-7H2,1-2H3. The first-order valence-electron chi connectivity index (χ1n) is 8.76. The Hall–Kier alpha value is -1.54. The minimum Gasteiger partial charge on any atom is -0.494 e. The second-order valence-electron chi connectivity index (χ2n) is 6.69. The van der Waals surface area contributed by atoms with Crippen LogP contribution < -0.4 is 4.74 Å². The summed E-state index contributed by atoms with van der Waals surface area (Å²) in [7, 11) is 1.44. The molecule has 0 unspecified atom stereocenters. The molecule has 0 aromatic heterocycles. The van der Waals surface area contributed by atoms with Gasteiger partial charge in [-0.15, -0.1) is 0 Å². The Bertz CT molecular complexity index is 688. The Kier molecular flexibility index (Phi) is 5.45. The van der Waals surface area contributed by atoms with Crippen molar-refractivity contribution in [3.63, 3.8) is 0 Å². The van der Waals surface area contributed by atoms with Crippen molar-refractivity contribution in [2.45, 2.75) is 44.9 Å². The fourth-order valence-corrected chi connectivity index (χ4v) is 4.02. The van der Waals surface area contributed by atoms with Gasteiger partial charge in [-0.2, -0.15) is 0 Å². The van der Waals surface area contributed by atoms with Gasteiger partial charge in [-0.1, -0.05) is 49.2 Å². The summed E-state index contributed by atoms with van der Waals surface area (Å²) in [5.74, 6) is 1.23. The Labute approximate surface area is 148 Å². The molecule has 1 fully saturated rings. The molecule has 0 spiro atoms. The van der Waals surface area contributed by atoms with E-state index in [1.54, 1.807) is 6.07 Å². The van der Waals surface area contributed by atoms with Crippen LogP contribution in [0.5, 0.6) is 5.75 Å². The number of halogens is 2. The normalized spacial score (nSPS) is 20.8. The number of benzene rings is 2. The quantitative estimate of drug-likeness (QED) is 0.589. The smallest absolute Gasteiger partial charge is 0.184 e. The van der Waals surface area contributed by atoms with Gasteiger partial charge in [-0.3, -0.25) is 0 Å². The Morgan fingerprint density at radius 1 is 1.04 bits per heavy atom. The van der Waals surface area contributed by atoms with E-state index in [0.717, 1.165) is 11.5 Å². The number of hydrogen-bond acceptors (Lipinski definition) is 1. The molecule has 0 atom stereocenters. The fourth-order valence-electron chi connectivity index (χ4n) is 3.75. The third-order valence-electron chi connectivity index (χ3n) is 5.38. The van der Waals surface area contributed by atoms with E-state index in [4.69, 9.17) is 16.3 Å². The summed E-state index contributed by atoms with van der Waals surface area (Å²) in [5, 5.41) is 0.116. The first-order chi connectivity index (χ1) is 11.6. The van der Waals surface area contributed by atoms with E-state index in [2.05, 4.69) is 19.1 Å². The molecular weight excluding hydrogens is 323 g/mol. The predicted molar refractivity (Wildman–Crippen MR) is 98.4 cm³/mol. The predicted octanol–water partition coefficient (Wildman–Crippen LogP) is 6.84. The number of ether oxygens (including phenoxy) is 1. The second-order valence-corrected chi connectivity index (χ2v) is 7.07. The highest BCUT2D eigenvalue weighted by atomic mass is 35.5. The molecule has 0 heterocycles. The van der Waals surface area contributed by atoms with Crippen LogP contribution in [-0.4, -0.2) is 7.11 Å². The van der Waals surface area contributed by atoms with Gasteiger partial charge in [0.25, 0.3) is 0 Å². The van der Waals surface area contributed by atoms with Gasteiger partial charge >= 0.3 is 0 Å². The van der Waals surface area contributed by atoms with Gasteiger partial charge in [0.1, 0.15) is 0 Å². The van der Waals surface area contributed by atoms with Gasteiger partial charge < -0.3 is 4.74 Å². The highest BCUT2D eigenvalue weighted by molar-refractivity contribution is 6.33. The summed E-state index contributed by atoms with van der Waals surface area (Å²) in [5.41, 5.74) is 3.03. The molecule has 0 aliphatic heterocycles. The molecule has 0 radical (unpaired) electrons. The molecule has 1 aliphatic carbocycles. The Morgan fingerprint density at radius 3 is 2.29 bits per heavy atom. The van der Waals surface area contributed by atoms with Crippen LogP contribution in [0.4, 0.5) is 4.39 Å². The van der Waals surface area contributed by atoms with Gasteiger partial charge in [0.05, 0.1) is 12.1 Å². The lowest BCUT2D eigenvalue weighted by Gasteiger charge is -2.28. The lowest BCUT2D eigenvalue weighted by Crippen LogP contribution is -2.12. The zero-order valence-corrected chi connectivity index (χ0v) is 15.1. The van der Waals surface area contributed by atoms with E-state index >= 15 is 0 Å². The first kappa shape index (κ1) is 17.3. The monoisotopic (exact) mass is 346 g/mol. The molecule has 0 bridgehead atoms. The molecule has 24 heavy (non-hydrogen) atoms. The maximum absolute atomic E-state index is 14.1. The van der Waals surface area contributed by atoms with Crippen LogP contribution in [0.15, 0.2) is 36.4 Å². The largest absolute Gasteiger partial charge is 0.494 e. The molecule has 2 aromatic rings. The maximum atomic E-state index is 14.1. The van der Waals surface area contributed by atoms with Gasteiger partial charge in [-0.25, -0.2) is 4.39 Å². The minimum atomic E-state index is -0.501. The molecule has 2 aromatic carbocycles. The van der Waals surface area contributed by atoms with E-state index < -0.39 is 5.82 Å². The summed E-state index contributed by atoms with van der Waals surface area (Å²) in [6.07, 6.45) is 6.51. The second kappa shape index (κ2) is 7.57. The third kappa shape index (κ3) is 3.44. The van der Waals surface area contributed by atoms with Crippen LogP contribution in [0.1, 0.15) is 50.5 Å². The van der Waals surface area contributed by atoms with Crippen molar-refractivity contribution >= 4 is 11.6 Å². The van der Waals surface area contributed by atoms with E-state index in [1.807, 2.05) is 18.2 Å². The van der Waals surface area contributed by atoms with Crippen molar-refractivity contribution in [1.82, 2.24) is 0 Å². The molecule has 0 saturated heterocycles. The highest BCUT2D eigenvalue weighted by Gasteiger charge is 2.21. The van der Waals surface area contributed by atoms with Crippen LogP contribution in [0, 0.1) is 11.7 Å². The van der Waals surface area contributed by atoms with Gasteiger partial charge in [0.15, 0.2) is 11.6 Å². The summed E-state index contributed by atoms with van der Waals surface area (Å²) in [4.78, 5) is 0. The van der Waals surface area contributed by atoms with E-state index in [9.17, 15) is 4.39 Å². The molecular formula is C21H24ClFO. The van der Waals surface area contributed by atoms with Crippen molar-refractivity contribution in [1.29, 1.82) is 0 Å². The first-order valence-corrected chi connectivity index (χ1v) is 9.14. The maximum Gasteiger partial charge on any atom is 0.184 e. The van der Waals surface area contributed by atoms with Crippen molar-refractivity contribution in [2.75, 3.05) is 7.11 Å². The molecule has 3 rings (SSSR count). The molecule has 1 aliphatic rings. The minimum absolute atomic E-state index is 0.116. The van der Waals surface area contributed by atoms with Crippen LogP contribution in [-0.2, 0) is 0 Å². The van der Waals surface area contributed by atoms with Crippen molar-refractivity contribution in [2.24, 2.45) is 5.92 Å². The summed E-state index contributed by atoms with van der Waals surface area (Å²) >= 11 is 6.18. The lowest BCUT2D eigenvalue weighted by molar-refractivity contribution is 0.319. The molecule has 128 valence electrons. The van der Waals surface area contributed by atoms with Gasteiger partial charge in [0, 0.05) is 5.56 Å². The fraction of sp³-hybridized carbons (Fsp3) is 0.429. The molecule has 1 saturated carbocycles. The third-order valence-corrected chi connectivity index (χ3v) is 5.75. The lowest BCUT2D eigenvalue weighted by atomic mass is 9.77. The number of rotatable bonds is 4. The van der Waals surface area contributed by atoms with Crippen molar-refractivity contribution < 1.29 is 9.13 Å². The van der Waals surface area contributed by atoms with Crippen molar-refractivity contribution in [3.8, 4) is 16.9 Å². The topological polar surface area (TPSA) is 9.23 Å². The summed E-state index contributed by atoms with van der Waals surface area (Å²) < 4.78 is 19.1. The van der Waals surface area contributed by atoms with Crippen LogP contribution in [0.25, 0.3) is 11.1 Å². The van der Waals surface area contributed by atoms with Crippen LogP contribution in [0.2, 0.25) is 5.02 Å². The molecule has 0 N–H and O–H groups in total. The molecule has 0 amide bonds. The summed E-state index contributed by atoms with van der Waals surface area (Å²) in [6.45, 7) is 2.29. The Morgan fingerprint density at radius 2 is 1.71 bits per heavy atom. The molecule has 1 nitrogen and oxygen atoms in total. The van der Waals surface area contributed by atoms with E-state index in [-0.39, 0.29) is 10.8 Å². The highest BCUT2D eigenvalue weighted by Crippen LogP contribution is 2.39. The average molecular weight is 347 g/mol. The Balaban J connectivity index is 1.79. The van der Waals surface area contributed by atoms with E-state index in [1.165, 1.54) is 44.8 Å². The van der Waals surface area contributed by atoms with Crippen molar-refractivity contribution in [3.05, 3.63) is 52.8 Å². The number of methoxy groups -OCH3 is 1. The van der Waals surface area contributed by atoms with Crippen LogP contribution >= 0.6 is 11.6 Å². The van der Waals surface area contributed by atoms with Gasteiger partial charge in [-0.05, 0) is 60.8 Å². The number of hydrogen-bond donors (Lipinski definition) is 0. The SMILES string of the molecule is CCC1CCC(c2ccc(-c3ccc(OC)c(F)c3Cl)cc2)CC1. The average Bonchev–Trinajstić information content (AvgIpc) is 2.64. The van der Waals surface area contributed by atoms with Gasteiger partial charge in [0.2, 0.25) is 0 Å². The zero-order valence-electron chi connectivity index (χ0n) is 14.3. The molecule has 3 heteroatoms. The van der Waals surface area contributed by atoms with E-state index in [0.29, 0.717) is 11.5 Å². The summed E-state index contributed by atoms with van der Waals surface area (Å²) in [6, 6.07) is 11.9.